The molecule has 0 spiro atoms. The van der Waals surface area contributed by atoms with E-state index in [-0.39, 0.29) is 12.0 Å². The number of ether oxygens (including phenoxy) is 1. The monoisotopic (exact) mass is 273 g/mol. The van der Waals surface area contributed by atoms with Gasteiger partial charge in [0.2, 0.25) is 5.89 Å². The summed E-state index contributed by atoms with van der Waals surface area (Å²) in [7, 11) is 0. The summed E-state index contributed by atoms with van der Waals surface area (Å²) in [5.41, 5.74) is 6.87. The molecule has 1 aromatic heterocycles. The molecule has 20 heavy (non-hydrogen) atoms. The molecule has 1 aromatic carbocycles. The molecule has 2 heterocycles. The number of aromatic nitrogens is 2. The largest absolute Gasteiger partial charge is 0.492 e. The first-order valence-electron chi connectivity index (χ1n) is 7.04. The summed E-state index contributed by atoms with van der Waals surface area (Å²) in [6.45, 7) is 2.59. The third kappa shape index (κ3) is 2.67. The number of rotatable bonds is 5. The van der Waals surface area contributed by atoms with Gasteiger partial charge in [-0.25, -0.2) is 0 Å². The Morgan fingerprint density at radius 2 is 2.25 bits per heavy atom. The van der Waals surface area contributed by atoms with Gasteiger partial charge in [0.15, 0.2) is 5.82 Å². The van der Waals surface area contributed by atoms with Gasteiger partial charge in [-0.2, -0.15) is 4.98 Å². The molecule has 0 saturated heterocycles. The lowest BCUT2D eigenvalue weighted by atomic mass is 10.0. The van der Waals surface area contributed by atoms with Crippen molar-refractivity contribution in [3.63, 3.8) is 0 Å². The SMILES string of the molecule is CC(N)CCCc1nc(C2COc3ccccc32)no1. The van der Waals surface area contributed by atoms with Crippen molar-refractivity contribution >= 4 is 0 Å². The van der Waals surface area contributed by atoms with Crippen molar-refractivity contribution in [3.8, 4) is 5.75 Å². The van der Waals surface area contributed by atoms with E-state index in [0.717, 1.165) is 30.6 Å². The van der Waals surface area contributed by atoms with Gasteiger partial charge in [0.25, 0.3) is 0 Å². The lowest BCUT2D eigenvalue weighted by Crippen LogP contribution is -2.14. The van der Waals surface area contributed by atoms with Gasteiger partial charge >= 0.3 is 0 Å². The molecule has 0 fully saturated rings. The molecule has 5 heteroatoms. The number of aryl methyl sites for hydroxylation is 1. The minimum Gasteiger partial charge on any atom is -0.492 e. The number of nitrogens with zero attached hydrogens (tertiary/aromatic N) is 2. The number of benzene rings is 1. The molecule has 2 unspecified atom stereocenters. The molecule has 5 nitrogen and oxygen atoms in total. The zero-order valence-corrected chi connectivity index (χ0v) is 11.6. The lowest BCUT2D eigenvalue weighted by Gasteiger charge is -2.02. The molecule has 0 aliphatic carbocycles. The highest BCUT2D eigenvalue weighted by molar-refractivity contribution is 5.42. The Hall–Kier alpha value is -1.88. The van der Waals surface area contributed by atoms with E-state index in [0.29, 0.717) is 18.3 Å². The molecule has 2 aromatic rings. The second-order valence-electron chi connectivity index (χ2n) is 5.32. The minimum absolute atomic E-state index is 0.0807. The molecule has 106 valence electrons. The number of fused-ring (bicyclic) bond motifs is 1. The predicted molar refractivity (Wildman–Crippen MR) is 74.7 cm³/mol. The summed E-state index contributed by atoms with van der Waals surface area (Å²) >= 11 is 0. The number of hydrogen-bond donors (Lipinski definition) is 1. The van der Waals surface area contributed by atoms with Crippen molar-refractivity contribution in [1.82, 2.24) is 10.1 Å². The van der Waals surface area contributed by atoms with Crippen LogP contribution in [0.15, 0.2) is 28.8 Å². The van der Waals surface area contributed by atoms with Gasteiger partial charge in [0.1, 0.15) is 12.4 Å². The van der Waals surface area contributed by atoms with Crippen LogP contribution in [-0.2, 0) is 6.42 Å². The number of hydrogen-bond acceptors (Lipinski definition) is 5. The van der Waals surface area contributed by atoms with Crippen LogP contribution in [0.1, 0.15) is 43.0 Å². The van der Waals surface area contributed by atoms with Crippen molar-refractivity contribution in [2.45, 2.75) is 38.1 Å². The Balaban J connectivity index is 1.69. The van der Waals surface area contributed by atoms with Crippen LogP contribution in [0.4, 0.5) is 0 Å². The number of para-hydroxylation sites is 1. The van der Waals surface area contributed by atoms with Crippen LogP contribution < -0.4 is 10.5 Å². The Morgan fingerprint density at radius 3 is 3.10 bits per heavy atom. The van der Waals surface area contributed by atoms with Crippen LogP contribution in [0.25, 0.3) is 0 Å². The highest BCUT2D eigenvalue weighted by Crippen LogP contribution is 2.36. The molecule has 3 rings (SSSR count). The van der Waals surface area contributed by atoms with E-state index in [4.69, 9.17) is 15.0 Å². The van der Waals surface area contributed by atoms with Gasteiger partial charge in [-0.15, -0.1) is 0 Å². The molecular formula is C15H19N3O2. The molecule has 1 aliphatic heterocycles. The molecule has 0 bridgehead atoms. The maximum Gasteiger partial charge on any atom is 0.226 e. The molecular weight excluding hydrogens is 254 g/mol. The number of nitrogens with two attached hydrogens (primary N) is 1. The van der Waals surface area contributed by atoms with E-state index >= 15 is 0 Å². The maximum absolute atomic E-state index is 5.73. The van der Waals surface area contributed by atoms with Gasteiger partial charge in [-0.1, -0.05) is 23.4 Å². The van der Waals surface area contributed by atoms with E-state index in [1.807, 2.05) is 25.1 Å². The predicted octanol–water partition coefficient (Wildman–Crippen LogP) is 2.26. The van der Waals surface area contributed by atoms with Gasteiger partial charge in [0.05, 0.1) is 5.92 Å². The molecule has 2 atom stereocenters. The van der Waals surface area contributed by atoms with Crippen LogP contribution in [0.2, 0.25) is 0 Å². The second kappa shape index (κ2) is 5.63. The second-order valence-corrected chi connectivity index (χ2v) is 5.32. The summed E-state index contributed by atoms with van der Waals surface area (Å²) in [6, 6.07) is 8.21. The fourth-order valence-corrected chi connectivity index (χ4v) is 2.46. The Morgan fingerprint density at radius 1 is 1.40 bits per heavy atom. The first-order valence-corrected chi connectivity index (χ1v) is 7.04. The molecule has 1 aliphatic rings. The summed E-state index contributed by atoms with van der Waals surface area (Å²) < 4.78 is 11.0. The van der Waals surface area contributed by atoms with Gasteiger partial charge in [-0.3, -0.25) is 0 Å². The summed E-state index contributed by atoms with van der Waals surface area (Å²) in [5, 5.41) is 4.10. The van der Waals surface area contributed by atoms with Crippen molar-refractivity contribution in [3.05, 3.63) is 41.5 Å². The normalized spacial score (nSPS) is 18.6. The van der Waals surface area contributed by atoms with Crippen molar-refractivity contribution in [2.75, 3.05) is 6.61 Å². The first-order chi connectivity index (χ1) is 9.74. The fourth-order valence-electron chi connectivity index (χ4n) is 2.46. The summed E-state index contributed by atoms with van der Waals surface area (Å²) in [4.78, 5) is 4.49. The van der Waals surface area contributed by atoms with Crippen LogP contribution in [-0.4, -0.2) is 22.8 Å². The lowest BCUT2D eigenvalue weighted by molar-refractivity contribution is 0.331. The van der Waals surface area contributed by atoms with Gasteiger partial charge in [-0.05, 0) is 25.8 Å². The third-order valence-corrected chi connectivity index (χ3v) is 3.55. The maximum atomic E-state index is 5.73. The van der Waals surface area contributed by atoms with Crippen LogP contribution in [0.5, 0.6) is 5.75 Å². The highest BCUT2D eigenvalue weighted by Gasteiger charge is 2.29. The fraction of sp³-hybridized carbons (Fsp3) is 0.467. The van der Waals surface area contributed by atoms with E-state index in [2.05, 4.69) is 16.2 Å². The Kier molecular flexibility index (Phi) is 3.69. The van der Waals surface area contributed by atoms with Gasteiger partial charge < -0.3 is 15.0 Å². The molecule has 2 N–H and O–H groups in total. The van der Waals surface area contributed by atoms with E-state index in [1.54, 1.807) is 0 Å². The van der Waals surface area contributed by atoms with Crippen LogP contribution >= 0.6 is 0 Å². The summed E-state index contributed by atoms with van der Waals surface area (Å²) in [5.74, 6) is 2.40. The average Bonchev–Trinajstić information content (AvgIpc) is 3.04. The van der Waals surface area contributed by atoms with E-state index in [9.17, 15) is 0 Å². The standard InChI is InChI=1S/C15H19N3O2/c1-10(16)5-4-8-14-17-15(18-20-14)12-9-19-13-7-3-2-6-11(12)13/h2-3,6-7,10,12H,4-5,8-9,16H2,1H3. The minimum atomic E-state index is 0.0807. The van der Waals surface area contributed by atoms with Gasteiger partial charge in [0, 0.05) is 18.0 Å². The smallest absolute Gasteiger partial charge is 0.226 e. The van der Waals surface area contributed by atoms with Crippen LogP contribution in [0.3, 0.4) is 0 Å². The highest BCUT2D eigenvalue weighted by atomic mass is 16.5. The molecule has 0 radical (unpaired) electrons. The third-order valence-electron chi connectivity index (χ3n) is 3.55. The van der Waals surface area contributed by atoms with Crippen molar-refractivity contribution in [1.29, 1.82) is 0 Å². The van der Waals surface area contributed by atoms with Crippen LogP contribution in [0, 0.1) is 0 Å². The molecule has 0 amide bonds. The van der Waals surface area contributed by atoms with Crippen molar-refractivity contribution in [2.24, 2.45) is 5.73 Å². The Labute approximate surface area is 118 Å². The zero-order chi connectivity index (χ0) is 13.9. The molecule has 0 saturated carbocycles. The first kappa shape index (κ1) is 13.1. The van der Waals surface area contributed by atoms with E-state index in [1.165, 1.54) is 0 Å². The Bertz CT molecular complexity index is 580. The quantitative estimate of drug-likeness (QED) is 0.904. The summed E-state index contributed by atoms with van der Waals surface area (Å²) in [6.07, 6.45) is 2.72. The average molecular weight is 273 g/mol. The zero-order valence-electron chi connectivity index (χ0n) is 11.6. The van der Waals surface area contributed by atoms with Crippen molar-refractivity contribution < 1.29 is 9.26 Å². The topological polar surface area (TPSA) is 74.2 Å². The van der Waals surface area contributed by atoms with E-state index < -0.39 is 0 Å².